The van der Waals surface area contributed by atoms with Crippen LogP contribution in [-0.2, 0) is 61.0 Å². The summed E-state index contributed by atoms with van der Waals surface area (Å²) in [4.78, 5) is 130. The number of aliphatic carboxylic acids is 2. The summed E-state index contributed by atoms with van der Waals surface area (Å²) in [5, 5.41) is 40.6. The number of carboxylic acids is 2. The molecule has 3 aromatic carbocycles. The molecule has 1 aromatic heterocycles. The number of halogens is 2. The van der Waals surface area contributed by atoms with Crippen LogP contribution in [0.3, 0.4) is 0 Å². The van der Waals surface area contributed by atoms with E-state index in [1.165, 1.54) is 4.90 Å². The molecule has 4 aromatic rings. The van der Waals surface area contributed by atoms with Crippen molar-refractivity contribution in [2.45, 2.75) is 124 Å². The molecule has 0 saturated carbocycles. The molecule has 436 valence electrons. The number of alkyl carbamates (subject to hydrolysis) is 1. The number of Topliss-reactive ketones (excluding diaryl/α,β-unsaturated/α-hetero) is 1. The molecule has 0 saturated heterocycles. The lowest BCUT2D eigenvalue weighted by Crippen LogP contribution is -2.58. The standard InChI is InChI=1S/C53H64F2N8O14.C2H6.CH4/c1-53(2,3)48(42-23-34(37-24-35(54)16-17-38(37)55)29-62(42)28-32-11-6-4-7-12-32)63(45(68)30-64)22-20-39(49(73)57-21-10-15-36(65)27-58-44(67)18-19-46(69)70)59-50(74)40(25-43(56)66)60-51(75)41(26-47(71)72)61-52(76)77-31-33-13-8-5-9-14-33;1-2;/h4-9,11-14,16-17,23-24,29,39-41,48,64H,10,15,18-22,25-28,30-31H2,1-3H3,(H2,56,66)(H,57,73)(H,58,67)(H,59,74)(H,60,75)(H,61,76)(H,69,70)(H,71,72);1-2H3;1H4/t39-,40-,41-,48-;;/m0../s1. The van der Waals surface area contributed by atoms with Gasteiger partial charge in [0.2, 0.25) is 35.4 Å². The molecule has 80 heavy (non-hydrogen) atoms. The Hall–Kier alpha value is -8.54. The van der Waals surface area contributed by atoms with Crippen molar-refractivity contribution in [2.24, 2.45) is 11.1 Å². The monoisotopic (exact) mass is 1120 g/mol. The highest BCUT2D eigenvalue weighted by Crippen LogP contribution is 2.41. The number of primary amides is 1. The van der Waals surface area contributed by atoms with Crippen LogP contribution in [0.25, 0.3) is 11.1 Å². The average Bonchev–Trinajstić information content (AvgIpc) is 3.83. The summed E-state index contributed by atoms with van der Waals surface area (Å²) in [7, 11) is 0. The summed E-state index contributed by atoms with van der Waals surface area (Å²) in [6.45, 7) is 7.15. The highest BCUT2D eigenvalue weighted by molar-refractivity contribution is 5.97. The van der Waals surface area contributed by atoms with E-state index < -0.39 is 146 Å². The molecule has 0 unspecified atom stereocenters. The molecule has 7 amide bonds. The number of carbonyl (C=O) groups is 10. The van der Waals surface area contributed by atoms with E-state index in [0.717, 1.165) is 23.8 Å². The molecule has 0 aliphatic carbocycles. The van der Waals surface area contributed by atoms with Crippen molar-refractivity contribution in [3.05, 3.63) is 120 Å². The van der Waals surface area contributed by atoms with Gasteiger partial charge in [-0.05, 0) is 53.6 Å². The van der Waals surface area contributed by atoms with Gasteiger partial charge in [-0.1, -0.05) is 103 Å². The van der Waals surface area contributed by atoms with Crippen LogP contribution in [0, 0.1) is 17.0 Å². The second-order valence-electron chi connectivity index (χ2n) is 18.9. The van der Waals surface area contributed by atoms with E-state index in [0.29, 0.717) is 11.3 Å². The first-order valence-electron chi connectivity index (χ1n) is 25.4. The van der Waals surface area contributed by atoms with Gasteiger partial charge in [0, 0.05) is 55.5 Å². The summed E-state index contributed by atoms with van der Waals surface area (Å²) < 4.78 is 36.9. The molecular formula is C56H74F2N8O14. The molecule has 0 fully saturated rings. The van der Waals surface area contributed by atoms with E-state index in [9.17, 15) is 62.5 Å². The Bertz CT molecular complexity index is 2740. The van der Waals surface area contributed by atoms with Crippen molar-refractivity contribution in [3.8, 4) is 11.1 Å². The van der Waals surface area contributed by atoms with Gasteiger partial charge in [-0.2, -0.15) is 0 Å². The molecule has 4 atom stereocenters. The van der Waals surface area contributed by atoms with Gasteiger partial charge in [0.25, 0.3) is 0 Å². The first-order chi connectivity index (χ1) is 37.4. The second-order valence-corrected chi connectivity index (χ2v) is 18.9. The maximum absolute atomic E-state index is 15.4. The fourth-order valence-electron chi connectivity index (χ4n) is 8.10. The molecule has 4 rings (SSSR count). The number of carboxylic acid groups (broad SMARTS) is 2. The number of ketones is 1. The number of rotatable bonds is 30. The SMILES string of the molecule is C.CC.CC(C)(C)[C@H](c1cc(-c2cc(F)ccc2F)cn1Cc1ccccc1)N(CC[C@H](NC(=O)[C@H](CC(N)=O)NC(=O)[C@H](CC(=O)O)NC(=O)OCc1ccccc1)C(=O)NCCCC(=O)CNC(=O)CCC(=O)O)C(=O)CO. The van der Waals surface area contributed by atoms with E-state index in [1.807, 2.05) is 26.0 Å². The number of benzene rings is 3. The zero-order chi connectivity index (χ0) is 58.8. The minimum Gasteiger partial charge on any atom is -0.481 e. The highest BCUT2D eigenvalue weighted by atomic mass is 19.1. The van der Waals surface area contributed by atoms with Gasteiger partial charge in [-0.25, -0.2) is 13.6 Å². The van der Waals surface area contributed by atoms with Gasteiger partial charge < -0.3 is 61.8 Å². The molecule has 10 N–H and O–H groups in total. The zero-order valence-corrected chi connectivity index (χ0v) is 44.7. The second kappa shape index (κ2) is 33.7. The number of amides is 7. The smallest absolute Gasteiger partial charge is 0.408 e. The molecule has 0 spiro atoms. The predicted octanol–water partition coefficient (Wildman–Crippen LogP) is 4.50. The molecule has 0 aliphatic heterocycles. The van der Waals surface area contributed by atoms with Crippen LogP contribution in [0.4, 0.5) is 13.6 Å². The Kier molecular flexibility index (Phi) is 28.5. The van der Waals surface area contributed by atoms with Crippen molar-refractivity contribution >= 4 is 59.3 Å². The largest absolute Gasteiger partial charge is 0.481 e. The molecule has 0 aliphatic rings. The number of nitrogens with zero attached hydrogens (tertiary/aromatic N) is 2. The third kappa shape index (κ3) is 22.8. The van der Waals surface area contributed by atoms with Crippen molar-refractivity contribution < 1.29 is 76.8 Å². The van der Waals surface area contributed by atoms with E-state index in [1.54, 1.807) is 86.1 Å². The van der Waals surface area contributed by atoms with Crippen LogP contribution < -0.4 is 32.3 Å². The van der Waals surface area contributed by atoms with E-state index in [4.69, 9.17) is 15.6 Å². The van der Waals surface area contributed by atoms with Crippen LogP contribution in [0.5, 0.6) is 0 Å². The number of hydrogen-bond acceptors (Lipinski definition) is 12. The molecule has 0 bridgehead atoms. The van der Waals surface area contributed by atoms with Crippen LogP contribution in [0.2, 0.25) is 0 Å². The lowest BCUT2D eigenvalue weighted by Gasteiger charge is -2.41. The maximum atomic E-state index is 15.4. The third-order valence-corrected chi connectivity index (χ3v) is 11.7. The number of hydrogen-bond donors (Lipinski definition) is 9. The van der Waals surface area contributed by atoms with Gasteiger partial charge in [0.1, 0.15) is 43.0 Å². The van der Waals surface area contributed by atoms with Gasteiger partial charge >= 0.3 is 18.0 Å². The Morgan fingerprint density at radius 3 is 1.90 bits per heavy atom. The predicted molar refractivity (Wildman–Crippen MR) is 290 cm³/mol. The molecule has 24 heteroatoms. The van der Waals surface area contributed by atoms with Crippen molar-refractivity contribution in [1.29, 1.82) is 0 Å². The van der Waals surface area contributed by atoms with Crippen molar-refractivity contribution in [3.63, 3.8) is 0 Å². The highest BCUT2D eigenvalue weighted by Gasteiger charge is 2.39. The number of aromatic nitrogens is 1. The van der Waals surface area contributed by atoms with Crippen molar-refractivity contribution in [2.75, 3.05) is 26.2 Å². The van der Waals surface area contributed by atoms with Gasteiger partial charge in [0.05, 0.1) is 31.8 Å². The first-order valence-corrected chi connectivity index (χ1v) is 25.4. The van der Waals surface area contributed by atoms with E-state index in [-0.39, 0.29) is 57.5 Å². The first kappa shape index (κ1) is 67.6. The Morgan fingerprint density at radius 2 is 1.32 bits per heavy atom. The average molecular weight is 1120 g/mol. The number of ether oxygens (including phenoxy) is 1. The fourth-order valence-corrected chi connectivity index (χ4v) is 8.10. The Morgan fingerprint density at radius 1 is 0.725 bits per heavy atom. The van der Waals surface area contributed by atoms with Crippen molar-refractivity contribution in [1.82, 2.24) is 36.1 Å². The Labute approximate surface area is 463 Å². The fraction of sp³-hybridized carbons (Fsp3) is 0.429. The number of carbonyl (C=O) groups excluding carboxylic acids is 8. The molecular weight excluding hydrogens is 1050 g/mol. The summed E-state index contributed by atoms with van der Waals surface area (Å²) in [6.07, 6.45) is -2.97. The summed E-state index contributed by atoms with van der Waals surface area (Å²) in [5.74, 6) is -10.7. The minimum absolute atomic E-state index is 0. The molecule has 1 heterocycles. The maximum Gasteiger partial charge on any atom is 0.408 e. The normalized spacial score (nSPS) is 12.2. The van der Waals surface area contributed by atoms with Gasteiger partial charge in [-0.3, -0.25) is 43.2 Å². The summed E-state index contributed by atoms with van der Waals surface area (Å²) >= 11 is 0. The summed E-state index contributed by atoms with van der Waals surface area (Å²) in [6, 6.07) is 15.5. The zero-order valence-electron chi connectivity index (χ0n) is 44.7. The number of nitrogens with two attached hydrogens (primary N) is 1. The number of nitrogens with one attached hydrogen (secondary N) is 5. The van der Waals surface area contributed by atoms with E-state index >= 15 is 4.39 Å². The lowest BCUT2D eigenvalue weighted by atomic mass is 9.82. The van der Waals surface area contributed by atoms with Crippen LogP contribution in [0.1, 0.15) is 110 Å². The van der Waals surface area contributed by atoms with Gasteiger partial charge in [-0.15, -0.1) is 0 Å². The summed E-state index contributed by atoms with van der Waals surface area (Å²) in [5.41, 5.74) is 6.45. The number of aliphatic hydroxyl groups is 1. The molecule has 22 nitrogen and oxygen atoms in total. The van der Waals surface area contributed by atoms with Gasteiger partial charge in [0.15, 0.2) is 5.78 Å². The topological polar surface area (TPSA) is 335 Å². The molecule has 0 radical (unpaired) electrons. The Balaban J connectivity index is 0.00000720. The third-order valence-electron chi connectivity index (χ3n) is 11.7. The number of aliphatic hydroxyl groups excluding tert-OH is 1. The van der Waals surface area contributed by atoms with Crippen LogP contribution in [0.15, 0.2) is 91.1 Å². The van der Waals surface area contributed by atoms with Crippen LogP contribution in [-0.4, -0.2) is 128 Å². The minimum atomic E-state index is -1.91. The lowest BCUT2D eigenvalue weighted by molar-refractivity contribution is -0.141. The quantitative estimate of drug-likeness (QED) is 0.0325. The van der Waals surface area contributed by atoms with E-state index in [2.05, 4.69) is 26.6 Å². The van der Waals surface area contributed by atoms with Crippen LogP contribution >= 0.6 is 0 Å².